The van der Waals surface area contributed by atoms with E-state index in [9.17, 15) is 14.5 Å². The first-order valence-electron chi connectivity index (χ1n) is 5.92. The van der Waals surface area contributed by atoms with E-state index in [4.69, 9.17) is 10.5 Å². The topological polar surface area (TPSA) is 126 Å². The Kier molecular flexibility index (Phi) is 4.78. The van der Waals surface area contributed by atoms with Crippen LogP contribution in [0.3, 0.4) is 0 Å². The summed E-state index contributed by atoms with van der Waals surface area (Å²) in [5, 5.41) is 7.68. The largest absolute Gasteiger partial charge is 0.444 e. The van der Waals surface area contributed by atoms with E-state index in [1.807, 2.05) is 0 Å². The molecule has 0 spiro atoms. The van der Waals surface area contributed by atoms with Crippen molar-refractivity contribution in [1.29, 1.82) is 0 Å². The highest BCUT2D eigenvalue weighted by Gasteiger charge is 2.27. The van der Waals surface area contributed by atoms with E-state index in [-0.39, 0.29) is 18.2 Å². The Hall–Kier alpha value is -2.45. The summed E-state index contributed by atoms with van der Waals surface area (Å²) in [7, 11) is 0. The Morgan fingerprint density at radius 2 is 2.15 bits per heavy atom. The van der Waals surface area contributed by atoms with Gasteiger partial charge in [-0.1, -0.05) is 11.2 Å². The number of nitrogens with zero attached hydrogens (tertiary/aromatic N) is 3. The van der Waals surface area contributed by atoms with Gasteiger partial charge in [-0.05, 0) is 27.2 Å². The van der Waals surface area contributed by atoms with Gasteiger partial charge in [-0.3, -0.25) is 15.0 Å². The van der Waals surface area contributed by atoms with Crippen LogP contribution in [0.2, 0.25) is 0 Å². The summed E-state index contributed by atoms with van der Waals surface area (Å²) in [6.07, 6.45) is 1.25. The van der Waals surface area contributed by atoms with Crippen LogP contribution in [0.5, 0.6) is 0 Å². The number of nitrogens with one attached hydrogen (secondary N) is 1. The van der Waals surface area contributed by atoms with Crippen LogP contribution in [0.25, 0.3) is 0 Å². The minimum absolute atomic E-state index is 0.0227. The smallest absolute Gasteiger partial charge is 0.412 e. The minimum atomic E-state index is -0.747. The first-order valence-corrected chi connectivity index (χ1v) is 5.92. The third-order valence-electron chi connectivity index (χ3n) is 2.23. The molecule has 1 rings (SSSR count). The molecule has 110 valence electrons. The number of alkyl carbamates (subject to hydrolysis) is 1. The minimum Gasteiger partial charge on any atom is -0.444 e. The summed E-state index contributed by atoms with van der Waals surface area (Å²) in [5.41, 5.74) is 4.78. The van der Waals surface area contributed by atoms with Gasteiger partial charge in [-0.2, -0.15) is 0 Å². The van der Waals surface area contributed by atoms with Crippen LogP contribution in [0, 0.1) is 4.91 Å². The molecular formula is C11H17N5O4. The molecule has 1 heterocycles. The standard InChI is InChI=1S/C11H17N5O4/c1-11(2,3)20-10(18)13-7-5-4-6-16(8(7)17)9(12)14-15-19/h5H,4,6H2,1-3H3,(H,13,18)(H2,12,14,19). The van der Waals surface area contributed by atoms with Crippen LogP contribution in [-0.2, 0) is 9.53 Å². The van der Waals surface area contributed by atoms with Crippen LogP contribution < -0.4 is 11.1 Å². The summed E-state index contributed by atoms with van der Waals surface area (Å²) in [4.78, 5) is 34.7. The van der Waals surface area contributed by atoms with Gasteiger partial charge >= 0.3 is 6.09 Å². The number of nitroso groups, excluding NO2 is 1. The normalized spacial score (nSPS) is 16.6. The van der Waals surface area contributed by atoms with Gasteiger partial charge in [0.2, 0.25) is 5.96 Å². The van der Waals surface area contributed by atoms with Gasteiger partial charge in [0.05, 0.1) is 5.29 Å². The molecule has 20 heavy (non-hydrogen) atoms. The molecule has 0 atom stereocenters. The molecule has 0 unspecified atom stereocenters. The number of carbonyl (C=O) groups excluding carboxylic acids is 2. The summed E-state index contributed by atoms with van der Waals surface area (Å²) < 4.78 is 5.04. The second-order valence-electron chi connectivity index (χ2n) is 5.03. The molecule has 2 amide bonds. The molecule has 0 saturated heterocycles. The highest BCUT2D eigenvalue weighted by Crippen LogP contribution is 2.11. The Morgan fingerprint density at radius 1 is 1.50 bits per heavy atom. The number of ether oxygens (including phenoxy) is 1. The van der Waals surface area contributed by atoms with Gasteiger partial charge in [-0.25, -0.2) is 4.79 Å². The monoisotopic (exact) mass is 283 g/mol. The van der Waals surface area contributed by atoms with E-state index in [1.165, 1.54) is 0 Å². The first-order chi connectivity index (χ1) is 9.24. The van der Waals surface area contributed by atoms with Crippen LogP contribution in [0.4, 0.5) is 4.79 Å². The Bertz CT molecular complexity index is 478. The summed E-state index contributed by atoms with van der Waals surface area (Å²) >= 11 is 0. The van der Waals surface area contributed by atoms with Crippen LogP contribution >= 0.6 is 0 Å². The lowest BCUT2D eigenvalue weighted by atomic mass is 10.2. The zero-order valence-electron chi connectivity index (χ0n) is 11.5. The molecule has 0 fully saturated rings. The first kappa shape index (κ1) is 15.6. The zero-order chi connectivity index (χ0) is 15.3. The van der Waals surface area contributed by atoms with Crippen molar-refractivity contribution in [1.82, 2.24) is 10.2 Å². The van der Waals surface area contributed by atoms with Gasteiger partial charge in [0.1, 0.15) is 11.3 Å². The maximum Gasteiger partial charge on any atom is 0.412 e. The van der Waals surface area contributed by atoms with E-state index in [1.54, 1.807) is 26.8 Å². The number of amides is 2. The molecule has 0 radical (unpaired) electrons. The van der Waals surface area contributed by atoms with E-state index in [2.05, 4.69) is 15.7 Å². The van der Waals surface area contributed by atoms with Crippen molar-refractivity contribution in [2.24, 2.45) is 16.1 Å². The molecule has 3 N–H and O–H groups in total. The third kappa shape index (κ3) is 4.34. The van der Waals surface area contributed by atoms with Crippen molar-refractivity contribution < 1.29 is 14.3 Å². The number of hydrogen-bond donors (Lipinski definition) is 2. The quantitative estimate of drug-likeness (QED) is 0.332. The fourth-order valence-electron chi connectivity index (χ4n) is 1.50. The average molecular weight is 283 g/mol. The molecular weight excluding hydrogens is 266 g/mol. The van der Waals surface area contributed by atoms with Crippen molar-refractivity contribution >= 4 is 18.0 Å². The summed E-state index contributed by atoms with van der Waals surface area (Å²) in [5.74, 6) is -0.895. The van der Waals surface area contributed by atoms with Crippen molar-refractivity contribution in [2.45, 2.75) is 32.8 Å². The highest BCUT2D eigenvalue weighted by atomic mass is 16.6. The van der Waals surface area contributed by atoms with Gasteiger partial charge in [0.15, 0.2) is 0 Å². The number of guanidine groups is 1. The average Bonchev–Trinajstić information content (AvgIpc) is 2.29. The Labute approximate surface area is 115 Å². The van der Waals surface area contributed by atoms with E-state index >= 15 is 0 Å². The van der Waals surface area contributed by atoms with Crippen LogP contribution in [-0.4, -0.2) is 35.0 Å². The molecule has 0 bridgehead atoms. The second kappa shape index (κ2) is 6.13. The predicted octanol–water partition coefficient (Wildman–Crippen LogP) is 0.623. The maximum atomic E-state index is 12.0. The second-order valence-corrected chi connectivity index (χ2v) is 5.03. The number of nitrogens with two attached hydrogens (primary N) is 1. The van der Waals surface area contributed by atoms with Crippen molar-refractivity contribution in [3.05, 3.63) is 16.7 Å². The highest BCUT2D eigenvalue weighted by molar-refractivity contribution is 6.06. The predicted molar refractivity (Wildman–Crippen MR) is 71.2 cm³/mol. The molecule has 0 aromatic rings. The SMILES string of the molecule is CC(C)(C)OC(=O)NC1=CCCN(/C(N)=N/N=O)C1=O. The molecule has 0 aromatic carbocycles. The number of hydrogen-bond acceptors (Lipinski definition) is 5. The summed E-state index contributed by atoms with van der Waals surface area (Å²) in [6, 6.07) is 0. The molecule has 9 nitrogen and oxygen atoms in total. The molecule has 9 heteroatoms. The zero-order valence-corrected chi connectivity index (χ0v) is 11.5. The number of rotatable bonds is 2. The molecule has 0 saturated carbocycles. The fourth-order valence-corrected chi connectivity index (χ4v) is 1.50. The van der Waals surface area contributed by atoms with Gasteiger partial charge < -0.3 is 10.5 Å². The van der Waals surface area contributed by atoms with Crippen LogP contribution in [0.15, 0.2) is 22.2 Å². The molecule has 0 aromatic heterocycles. The third-order valence-corrected chi connectivity index (χ3v) is 2.23. The van der Waals surface area contributed by atoms with Crippen molar-refractivity contribution in [2.75, 3.05) is 6.54 Å². The molecule has 1 aliphatic heterocycles. The van der Waals surface area contributed by atoms with Gasteiger partial charge in [-0.15, -0.1) is 4.91 Å². The molecule has 0 aliphatic carbocycles. The van der Waals surface area contributed by atoms with Crippen LogP contribution in [0.1, 0.15) is 27.2 Å². The lowest BCUT2D eigenvalue weighted by Crippen LogP contribution is -2.48. The van der Waals surface area contributed by atoms with Crippen molar-refractivity contribution in [3.8, 4) is 0 Å². The Balaban J connectivity index is 2.75. The maximum absolute atomic E-state index is 12.0. The lowest BCUT2D eigenvalue weighted by Gasteiger charge is -2.26. The molecule has 1 aliphatic rings. The lowest BCUT2D eigenvalue weighted by molar-refractivity contribution is -0.124. The van der Waals surface area contributed by atoms with Crippen molar-refractivity contribution in [3.63, 3.8) is 0 Å². The van der Waals surface area contributed by atoms with E-state index in [0.29, 0.717) is 6.42 Å². The van der Waals surface area contributed by atoms with Gasteiger partial charge in [0, 0.05) is 6.54 Å². The summed E-state index contributed by atoms with van der Waals surface area (Å²) in [6.45, 7) is 5.37. The Morgan fingerprint density at radius 3 is 2.70 bits per heavy atom. The van der Waals surface area contributed by atoms with E-state index < -0.39 is 17.6 Å². The number of carbonyl (C=O) groups is 2. The van der Waals surface area contributed by atoms with E-state index in [0.717, 1.165) is 4.90 Å². The fraction of sp³-hybridized carbons (Fsp3) is 0.545. The van der Waals surface area contributed by atoms with Gasteiger partial charge in [0.25, 0.3) is 5.91 Å².